The quantitative estimate of drug-likeness (QED) is 0.791. The van der Waals surface area contributed by atoms with Crippen LogP contribution < -0.4 is 10.2 Å². The summed E-state index contributed by atoms with van der Waals surface area (Å²) in [5.74, 6) is 1.94. The Balaban J connectivity index is 1.83. The van der Waals surface area contributed by atoms with Gasteiger partial charge < -0.3 is 14.3 Å². The van der Waals surface area contributed by atoms with Crippen molar-refractivity contribution in [2.24, 2.45) is 7.05 Å². The van der Waals surface area contributed by atoms with E-state index in [9.17, 15) is 4.79 Å². The maximum absolute atomic E-state index is 12.8. The molecule has 0 spiro atoms. The van der Waals surface area contributed by atoms with Crippen LogP contribution in [0.1, 0.15) is 17.1 Å². The molecule has 25 heavy (non-hydrogen) atoms. The Morgan fingerprint density at radius 1 is 1.32 bits per heavy atom. The normalized spacial score (nSPS) is 10.3. The number of nitriles is 1. The SMILES string of the molecule is Cc1ccc(CN(C(=O)Nc2ccc(C#N)cc2)c2nccn2C)o1. The summed E-state index contributed by atoms with van der Waals surface area (Å²) in [6, 6.07) is 12.1. The molecule has 126 valence electrons. The summed E-state index contributed by atoms with van der Waals surface area (Å²) in [6.07, 6.45) is 3.40. The first-order valence-corrected chi connectivity index (χ1v) is 7.68. The van der Waals surface area contributed by atoms with Crippen LogP contribution in [0.3, 0.4) is 0 Å². The van der Waals surface area contributed by atoms with Gasteiger partial charge in [0.05, 0.1) is 18.2 Å². The minimum atomic E-state index is -0.340. The number of urea groups is 1. The molecular formula is C18H17N5O2. The maximum atomic E-state index is 12.8. The van der Waals surface area contributed by atoms with Gasteiger partial charge in [-0.1, -0.05) is 0 Å². The smallest absolute Gasteiger partial charge is 0.329 e. The second kappa shape index (κ2) is 6.93. The van der Waals surface area contributed by atoms with Crippen molar-refractivity contribution < 1.29 is 9.21 Å². The highest BCUT2D eigenvalue weighted by Gasteiger charge is 2.21. The summed E-state index contributed by atoms with van der Waals surface area (Å²) in [6.45, 7) is 2.10. The molecule has 3 rings (SSSR count). The van der Waals surface area contributed by atoms with Gasteiger partial charge in [-0.25, -0.2) is 9.78 Å². The number of aryl methyl sites for hydroxylation is 2. The molecule has 7 heteroatoms. The highest BCUT2D eigenvalue weighted by Crippen LogP contribution is 2.18. The molecule has 0 saturated carbocycles. The number of carbonyl (C=O) groups excluding carboxylic acids is 1. The average molecular weight is 335 g/mol. The van der Waals surface area contributed by atoms with E-state index in [1.807, 2.05) is 32.2 Å². The molecule has 0 radical (unpaired) electrons. The standard InChI is InChI=1S/C18H17N5O2/c1-13-3-8-16(25-13)12-23(17-20-9-10-22(17)2)18(24)21-15-6-4-14(11-19)5-7-15/h3-10H,12H2,1-2H3,(H,21,24). The fourth-order valence-corrected chi connectivity index (χ4v) is 2.40. The summed E-state index contributed by atoms with van der Waals surface area (Å²) in [5, 5.41) is 11.7. The predicted octanol–water partition coefficient (Wildman–Crippen LogP) is 3.43. The van der Waals surface area contributed by atoms with Crippen molar-refractivity contribution in [3.63, 3.8) is 0 Å². The van der Waals surface area contributed by atoms with E-state index in [2.05, 4.69) is 10.3 Å². The van der Waals surface area contributed by atoms with E-state index in [4.69, 9.17) is 9.68 Å². The molecule has 0 atom stereocenters. The zero-order valence-corrected chi connectivity index (χ0v) is 13.9. The zero-order valence-electron chi connectivity index (χ0n) is 13.9. The third kappa shape index (κ3) is 3.70. The zero-order chi connectivity index (χ0) is 17.8. The van der Waals surface area contributed by atoms with Crippen molar-refractivity contribution in [2.75, 3.05) is 10.2 Å². The molecule has 2 heterocycles. The monoisotopic (exact) mass is 335 g/mol. The van der Waals surface area contributed by atoms with Gasteiger partial charge in [0.15, 0.2) is 0 Å². The second-order valence-corrected chi connectivity index (χ2v) is 5.56. The molecule has 0 aliphatic heterocycles. The van der Waals surface area contributed by atoms with Gasteiger partial charge in [-0.05, 0) is 43.3 Å². The highest BCUT2D eigenvalue weighted by molar-refractivity contribution is 6.00. The Kier molecular flexibility index (Phi) is 4.53. The third-order valence-electron chi connectivity index (χ3n) is 3.66. The van der Waals surface area contributed by atoms with Crippen LogP contribution in [0.5, 0.6) is 0 Å². The fourth-order valence-electron chi connectivity index (χ4n) is 2.40. The second-order valence-electron chi connectivity index (χ2n) is 5.56. The minimum absolute atomic E-state index is 0.251. The van der Waals surface area contributed by atoms with Crippen LogP contribution in [0.25, 0.3) is 0 Å². The van der Waals surface area contributed by atoms with Crippen LogP contribution in [-0.4, -0.2) is 15.6 Å². The summed E-state index contributed by atoms with van der Waals surface area (Å²) < 4.78 is 7.35. The minimum Gasteiger partial charge on any atom is -0.464 e. The van der Waals surface area contributed by atoms with Crippen LogP contribution >= 0.6 is 0 Å². The summed E-state index contributed by atoms with van der Waals surface area (Å²) >= 11 is 0. The van der Waals surface area contributed by atoms with E-state index in [0.29, 0.717) is 23.0 Å². The van der Waals surface area contributed by atoms with Crippen molar-refractivity contribution in [1.29, 1.82) is 5.26 Å². The van der Waals surface area contributed by atoms with Gasteiger partial charge in [0.1, 0.15) is 11.5 Å². The van der Waals surface area contributed by atoms with Gasteiger partial charge in [-0.3, -0.25) is 4.90 Å². The number of amides is 2. The highest BCUT2D eigenvalue weighted by atomic mass is 16.3. The van der Waals surface area contributed by atoms with Crippen molar-refractivity contribution in [3.8, 4) is 6.07 Å². The Hall–Kier alpha value is -3.53. The van der Waals surface area contributed by atoms with Crippen LogP contribution in [-0.2, 0) is 13.6 Å². The van der Waals surface area contributed by atoms with Gasteiger partial charge in [0.25, 0.3) is 0 Å². The number of nitrogens with zero attached hydrogens (tertiary/aromatic N) is 4. The van der Waals surface area contributed by atoms with Crippen molar-refractivity contribution in [3.05, 3.63) is 65.9 Å². The Bertz CT molecular complexity index is 918. The molecule has 0 aliphatic carbocycles. The number of imidazole rings is 1. The average Bonchev–Trinajstić information content (AvgIpc) is 3.21. The molecule has 0 bridgehead atoms. The third-order valence-corrected chi connectivity index (χ3v) is 3.66. The lowest BCUT2D eigenvalue weighted by Gasteiger charge is -2.21. The topological polar surface area (TPSA) is 87.1 Å². The number of carbonyl (C=O) groups is 1. The van der Waals surface area contributed by atoms with E-state index in [0.717, 1.165) is 5.76 Å². The summed E-state index contributed by atoms with van der Waals surface area (Å²) in [4.78, 5) is 18.5. The number of hydrogen-bond acceptors (Lipinski definition) is 4. The first-order chi connectivity index (χ1) is 12.1. The maximum Gasteiger partial charge on any atom is 0.329 e. The Morgan fingerprint density at radius 2 is 2.08 bits per heavy atom. The molecular weight excluding hydrogens is 318 g/mol. The van der Waals surface area contributed by atoms with Crippen molar-refractivity contribution >= 4 is 17.7 Å². The number of hydrogen-bond donors (Lipinski definition) is 1. The van der Waals surface area contributed by atoms with Crippen LogP contribution in [0, 0.1) is 18.3 Å². The van der Waals surface area contributed by atoms with Crippen LogP contribution in [0.2, 0.25) is 0 Å². The molecule has 3 aromatic rings. The number of rotatable bonds is 4. The lowest BCUT2D eigenvalue weighted by molar-refractivity contribution is 0.255. The lowest BCUT2D eigenvalue weighted by atomic mass is 10.2. The van der Waals surface area contributed by atoms with E-state index < -0.39 is 0 Å². The molecule has 0 unspecified atom stereocenters. The molecule has 2 aromatic heterocycles. The van der Waals surface area contributed by atoms with Crippen molar-refractivity contribution in [2.45, 2.75) is 13.5 Å². The molecule has 7 nitrogen and oxygen atoms in total. The molecule has 2 amide bonds. The Labute approximate surface area is 145 Å². The van der Waals surface area contributed by atoms with Gasteiger partial charge >= 0.3 is 6.03 Å². The predicted molar refractivity (Wildman–Crippen MR) is 93.0 cm³/mol. The first-order valence-electron chi connectivity index (χ1n) is 7.68. The lowest BCUT2D eigenvalue weighted by Crippen LogP contribution is -2.36. The first kappa shape index (κ1) is 16.3. The summed E-state index contributed by atoms with van der Waals surface area (Å²) in [7, 11) is 1.82. The number of furan rings is 1. The molecule has 0 fully saturated rings. The number of nitrogens with one attached hydrogen (secondary N) is 1. The van der Waals surface area contributed by atoms with Gasteiger partial charge in [-0.2, -0.15) is 5.26 Å². The molecule has 1 aromatic carbocycles. The largest absolute Gasteiger partial charge is 0.464 e. The van der Waals surface area contributed by atoms with Gasteiger partial charge in [-0.15, -0.1) is 0 Å². The summed E-state index contributed by atoms with van der Waals surface area (Å²) in [5.41, 5.74) is 1.13. The van der Waals surface area contributed by atoms with Gasteiger partial charge in [0, 0.05) is 25.1 Å². The van der Waals surface area contributed by atoms with Crippen LogP contribution in [0.4, 0.5) is 16.4 Å². The number of anilines is 2. The van der Waals surface area contributed by atoms with Gasteiger partial charge in [0.2, 0.25) is 5.95 Å². The number of aromatic nitrogens is 2. The van der Waals surface area contributed by atoms with Crippen molar-refractivity contribution in [1.82, 2.24) is 9.55 Å². The van der Waals surface area contributed by atoms with E-state index in [1.165, 1.54) is 4.90 Å². The van der Waals surface area contributed by atoms with Crippen LogP contribution in [0.15, 0.2) is 53.2 Å². The Morgan fingerprint density at radius 3 is 2.64 bits per heavy atom. The van der Waals surface area contributed by atoms with E-state index in [1.54, 1.807) is 41.2 Å². The molecule has 1 N–H and O–H groups in total. The molecule has 0 saturated heterocycles. The van der Waals surface area contributed by atoms with E-state index >= 15 is 0 Å². The van der Waals surface area contributed by atoms with E-state index in [-0.39, 0.29) is 12.6 Å². The number of benzene rings is 1. The fraction of sp³-hybridized carbons (Fsp3) is 0.167. The molecule has 0 aliphatic rings.